The molecule has 0 amide bonds. The van der Waals surface area contributed by atoms with Crippen molar-refractivity contribution in [3.63, 3.8) is 0 Å². The Labute approximate surface area is 116 Å². The summed E-state index contributed by atoms with van der Waals surface area (Å²) < 4.78 is 5.68. The van der Waals surface area contributed by atoms with Gasteiger partial charge in [0.25, 0.3) is 5.69 Å². The van der Waals surface area contributed by atoms with Gasteiger partial charge in [-0.2, -0.15) is 0 Å². The van der Waals surface area contributed by atoms with Gasteiger partial charge in [-0.05, 0) is 55.1 Å². The first-order valence-electron chi connectivity index (χ1n) is 7.10. The highest BCUT2D eigenvalue weighted by Gasteiger charge is 2.64. The van der Waals surface area contributed by atoms with E-state index in [-0.39, 0.29) is 17.8 Å². The van der Waals surface area contributed by atoms with Crippen LogP contribution in [-0.4, -0.2) is 17.0 Å². The Kier molecular flexibility index (Phi) is 2.40. The maximum Gasteiger partial charge on any atom is 0.338 e. The van der Waals surface area contributed by atoms with Gasteiger partial charge < -0.3 is 4.74 Å². The van der Waals surface area contributed by atoms with E-state index in [1.165, 1.54) is 43.5 Å². The van der Waals surface area contributed by atoms with Crippen LogP contribution in [0.4, 0.5) is 5.69 Å². The molecule has 104 valence electrons. The number of nitro benzene ring substituents is 1. The zero-order chi connectivity index (χ0) is 13.9. The summed E-state index contributed by atoms with van der Waals surface area (Å²) in [5.74, 6) is 2.39. The average molecular weight is 273 g/mol. The number of ether oxygens (including phenoxy) is 1. The van der Waals surface area contributed by atoms with Gasteiger partial charge in [0, 0.05) is 12.1 Å². The predicted molar refractivity (Wildman–Crippen MR) is 70.1 cm³/mol. The fourth-order valence-electron chi connectivity index (χ4n) is 4.00. The van der Waals surface area contributed by atoms with Gasteiger partial charge in [0.1, 0.15) is 6.10 Å². The van der Waals surface area contributed by atoms with Crippen LogP contribution >= 0.6 is 0 Å². The molecule has 3 saturated carbocycles. The Balaban J connectivity index is 1.46. The molecule has 0 radical (unpaired) electrons. The maximum absolute atomic E-state index is 12.1. The zero-order valence-electron chi connectivity index (χ0n) is 10.9. The highest BCUT2D eigenvalue weighted by Crippen LogP contribution is 2.66. The molecule has 0 spiro atoms. The molecule has 3 aliphatic rings. The lowest BCUT2D eigenvalue weighted by Crippen LogP contribution is -2.35. The smallest absolute Gasteiger partial charge is 0.338 e. The molecule has 3 fully saturated rings. The molecule has 0 heterocycles. The second-order valence-electron chi connectivity index (χ2n) is 6.14. The van der Waals surface area contributed by atoms with E-state index in [2.05, 4.69) is 0 Å². The Morgan fingerprint density at radius 1 is 1.10 bits per heavy atom. The number of rotatable bonds is 3. The van der Waals surface area contributed by atoms with Crippen molar-refractivity contribution < 1.29 is 14.5 Å². The Morgan fingerprint density at radius 3 is 2.35 bits per heavy atom. The van der Waals surface area contributed by atoms with E-state index >= 15 is 0 Å². The standard InChI is InChI=1S/C15H15NO4/c17-15(8-1-3-9(4-2-8)16(18)19)20-14-11-6-5-10(11)12-7-13(12)14/h1-4,10-14H,5-7H2/t10-,11+,12-,13-,14-/m0/s1. The lowest BCUT2D eigenvalue weighted by Gasteiger charge is -2.36. The molecule has 5 nitrogen and oxygen atoms in total. The van der Waals surface area contributed by atoms with Crippen LogP contribution in [0.2, 0.25) is 0 Å². The van der Waals surface area contributed by atoms with Crippen LogP contribution in [0.25, 0.3) is 0 Å². The Morgan fingerprint density at radius 2 is 1.80 bits per heavy atom. The number of carbonyl (C=O) groups is 1. The van der Waals surface area contributed by atoms with Crippen molar-refractivity contribution in [2.75, 3.05) is 0 Å². The van der Waals surface area contributed by atoms with Crippen molar-refractivity contribution in [3.8, 4) is 0 Å². The van der Waals surface area contributed by atoms with Crippen molar-refractivity contribution in [1.82, 2.24) is 0 Å². The van der Waals surface area contributed by atoms with E-state index < -0.39 is 4.92 Å². The first-order chi connectivity index (χ1) is 9.65. The molecule has 0 N–H and O–H groups in total. The molecule has 5 atom stereocenters. The largest absolute Gasteiger partial charge is 0.458 e. The molecule has 0 bridgehead atoms. The summed E-state index contributed by atoms with van der Waals surface area (Å²) in [6, 6.07) is 5.63. The summed E-state index contributed by atoms with van der Waals surface area (Å²) in [5.41, 5.74) is 0.388. The normalized spacial score (nSPS) is 36.5. The summed E-state index contributed by atoms with van der Waals surface area (Å²) in [5, 5.41) is 10.6. The summed E-state index contributed by atoms with van der Waals surface area (Å²) in [6.07, 6.45) is 3.76. The number of fused-ring (bicyclic) bond motifs is 3. The minimum Gasteiger partial charge on any atom is -0.458 e. The number of nitro groups is 1. The summed E-state index contributed by atoms with van der Waals surface area (Å²) >= 11 is 0. The lowest BCUT2D eigenvalue weighted by atomic mass is 9.72. The van der Waals surface area contributed by atoms with E-state index in [4.69, 9.17) is 4.74 Å². The van der Waals surface area contributed by atoms with E-state index in [0.717, 1.165) is 11.8 Å². The van der Waals surface area contributed by atoms with E-state index in [9.17, 15) is 14.9 Å². The van der Waals surface area contributed by atoms with Crippen LogP contribution < -0.4 is 0 Å². The van der Waals surface area contributed by atoms with Crippen LogP contribution in [0, 0.1) is 33.8 Å². The molecule has 0 aliphatic heterocycles. The van der Waals surface area contributed by atoms with Gasteiger partial charge in [-0.3, -0.25) is 10.1 Å². The third-order valence-corrected chi connectivity index (χ3v) is 5.23. The first-order valence-corrected chi connectivity index (χ1v) is 7.10. The minimum absolute atomic E-state index is 0.0104. The second-order valence-corrected chi connectivity index (χ2v) is 6.14. The third-order valence-electron chi connectivity index (χ3n) is 5.23. The number of nitrogens with zero attached hydrogens (tertiary/aromatic N) is 1. The fourth-order valence-corrected chi connectivity index (χ4v) is 4.00. The average Bonchev–Trinajstić information content (AvgIpc) is 3.12. The molecule has 0 saturated heterocycles. The molecule has 3 aliphatic carbocycles. The molecule has 0 aromatic heterocycles. The van der Waals surface area contributed by atoms with Crippen LogP contribution in [0.3, 0.4) is 0 Å². The van der Waals surface area contributed by atoms with Crippen molar-refractivity contribution in [3.05, 3.63) is 39.9 Å². The predicted octanol–water partition coefficient (Wildman–Crippen LogP) is 2.80. The number of esters is 1. The molecular formula is C15H15NO4. The molecule has 20 heavy (non-hydrogen) atoms. The van der Waals surface area contributed by atoms with Crippen molar-refractivity contribution >= 4 is 11.7 Å². The van der Waals surface area contributed by atoms with Gasteiger partial charge in [-0.15, -0.1) is 0 Å². The van der Waals surface area contributed by atoms with Crippen molar-refractivity contribution in [1.29, 1.82) is 0 Å². The minimum atomic E-state index is -0.472. The highest BCUT2D eigenvalue weighted by molar-refractivity contribution is 5.89. The molecule has 1 aromatic carbocycles. The van der Waals surface area contributed by atoms with E-state index in [0.29, 0.717) is 17.4 Å². The lowest BCUT2D eigenvalue weighted by molar-refractivity contribution is -0.384. The Bertz CT molecular complexity index is 582. The van der Waals surface area contributed by atoms with Gasteiger partial charge in [0.15, 0.2) is 0 Å². The van der Waals surface area contributed by atoms with Gasteiger partial charge in [-0.25, -0.2) is 4.79 Å². The van der Waals surface area contributed by atoms with Gasteiger partial charge >= 0.3 is 5.97 Å². The Hall–Kier alpha value is -1.91. The monoisotopic (exact) mass is 273 g/mol. The number of benzene rings is 1. The van der Waals surface area contributed by atoms with Gasteiger partial charge in [0.05, 0.1) is 10.5 Å². The van der Waals surface area contributed by atoms with Crippen LogP contribution in [-0.2, 0) is 4.74 Å². The fraction of sp³-hybridized carbons (Fsp3) is 0.533. The molecular weight excluding hydrogens is 258 g/mol. The number of carbonyl (C=O) groups excluding carboxylic acids is 1. The summed E-state index contributed by atoms with van der Waals surface area (Å²) in [7, 11) is 0. The van der Waals surface area contributed by atoms with Crippen LogP contribution in [0.15, 0.2) is 24.3 Å². The van der Waals surface area contributed by atoms with Crippen LogP contribution in [0.1, 0.15) is 29.6 Å². The van der Waals surface area contributed by atoms with Crippen molar-refractivity contribution in [2.45, 2.75) is 25.4 Å². The number of hydrogen-bond donors (Lipinski definition) is 0. The van der Waals surface area contributed by atoms with Crippen LogP contribution in [0.5, 0.6) is 0 Å². The SMILES string of the molecule is O=C(O[C@H]1[C@@H]2CC[C@@H]2[C@@H]2C[C@@H]21)c1ccc([N+](=O)[O-])cc1. The van der Waals surface area contributed by atoms with E-state index in [1.54, 1.807) is 0 Å². The summed E-state index contributed by atoms with van der Waals surface area (Å²) in [6.45, 7) is 0. The van der Waals surface area contributed by atoms with E-state index in [1.807, 2.05) is 0 Å². The van der Waals surface area contributed by atoms with Gasteiger partial charge in [-0.1, -0.05) is 0 Å². The summed E-state index contributed by atoms with van der Waals surface area (Å²) in [4.78, 5) is 22.2. The highest BCUT2D eigenvalue weighted by atomic mass is 16.6. The zero-order valence-corrected chi connectivity index (χ0v) is 10.9. The number of non-ortho nitro benzene ring substituents is 1. The topological polar surface area (TPSA) is 69.4 Å². The quantitative estimate of drug-likeness (QED) is 0.482. The second kappa shape index (κ2) is 4.04. The molecule has 0 unspecified atom stereocenters. The molecule has 4 rings (SSSR count). The number of hydrogen-bond acceptors (Lipinski definition) is 4. The third kappa shape index (κ3) is 1.65. The molecule has 5 heteroatoms. The maximum atomic E-state index is 12.1. The first kappa shape index (κ1) is 11.9. The molecule has 1 aromatic rings. The van der Waals surface area contributed by atoms with Crippen molar-refractivity contribution in [2.24, 2.45) is 23.7 Å². The van der Waals surface area contributed by atoms with Gasteiger partial charge in [0.2, 0.25) is 0 Å².